The van der Waals surface area contributed by atoms with E-state index in [0.717, 1.165) is 10.8 Å². The van der Waals surface area contributed by atoms with Crippen LogP contribution in [-0.2, 0) is 0 Å². The molecule has 0 saturated carbocycles. The second-order valence-electron chi connectivity index (χ2n) is 4.14. The van der Waals surface area contributed by atoms with Crippen molar-refractivity contribution >= 4 is 16.7 Å². The summed E-state index contributed by atoms with van der Waals surface area (Å²) in [6.45, 7) is 4.25. The van der Waals surface area contributed by atoms with E-state index < -0.39 is 5.97 Å². The standard InChI is InChI=1S/C13H13NO2/c1-8(2)9-3-4-10-6-12(13(15)16)14-7-11(10)5-9/h3-8H,1-2H3,(H,15,16). The fourth-order valence-corrected chi connectivity index (χ4v) is 1.64. The average molecular weight is 215 g/mol. The zero-order valence-corrected chi connectivity index (χ0v) is 9.27. The van der Waals surface area contributed by atoms with Crippen molar-refractivity contribution in [2.24, 2.45) is 0 Å². The van der Waals surface area contributed by atoms with Gasteiger partial charge in [0.1, 0.15) is 5.69 Å². The molecule has 0 spiro atoms. The third-order valence-electron chi connectivity index (χ3n) is 2.63. The van der Waals surface area contributed by atoms with E-state index in [1.807, 2.05) is 12.1 Å². The number of carbonyl (C=O) groups is 1. The summed E-state index contributed by atoms with van der Waals surface area (Å²) in [6, 6.07) is 7.62. The Hall–Kier alpha value is -1.90. The van der Waals surface area contributed by atoms with Gasteiger partial charge in [-0.1, -0.05) is 26.0 Å². The number of carboxylic acids is 1. The molecule has 1 aromatic heterocycles. The highest BCUT2D eigenvalue weighted by Crippen LogP contribution is 2.21. The van der Waals surface area contributed by atoms with Gasteiger partial charge in [-0.05, 0) is 29.0 Å². The molecule has 16 heavy (non-hydrogen) atoms. The first-order chi connectivity index (χ1) is 7.58. The van der Waals surface area contributed by atoms with Crippen molar-refractivity contribution in [2.45, 2.75) is 19.8 Å². The van der Waals surface area contributed by atoms with Gasteiger partial charge < -0.3 is 5.11 Å². The molecule has 2 rings (SSSR count). The minimum atomic E-state index is -0.991. The number of hydrogen-bond acceptors (Lipinski definition) is 2. The van der Waals surface area contributed by atoms with Crippen LogP contribution in [0.25, 0.3) is 10.8 Å². The predicted molar refractivity (Wildman–Crippen MR) is 62.8 cm³/mol. The van der Waals surface area contributed by atoms with Crippen LogP contribution in [-0.4, -0.2) is 16.1 Å². The van der Waals surface area contributed by atoms with Crippen LogP contribution in [0.1, 0.15) is 35.8 Å². The summed E-state index contributed by atoms with van der Waals surface area (Å²) in [5.74, 6) is -0.529. The Morgan fingerprint density at radius 2 is 2.00 bits per heavy atom. The highest BCUT2D eigenvalue weighted by molar-refractivity contribution is 5.92. The van der Waals surface area contributed by atoms with Crippen LogP contribution in [0.15, 0.2) is 30.5 Å². The zero-order chi connectivity index (χ0) is 11.7. The highest BCUT2D eigenvalue weighted by atomic mass is 16.4. The Morgan fingerprint density at radius 3 is 2.62 bits per heavy atom. The second kappa shape index (κ2) is 3.93. The molecule has 0 aliphatic heterocycles. The molecule has 0 aliphatic rings. The molecule has 0 unspecified atom stereocenters. The Balaban J connectivity index is 2.57. The van der Waals surface area contributed by atoms with Crippen LogP contribution in [0, 0.1) is 0 Å². The van der Waals surface area contributed by atoms with Crippen molar-refractivity contribution in [3.63, 3.8) is 0 Å². The summed E-state index contributed by atoms with van der Waals surface area (Å²) in [7, 11) is 0. The number of aromatic carboxylic acids is 1. The normalized spacial score (nSPS) is 10.9. The molecule has 0 aliphatic carbocycles. The lowest BCUT2D eigenvalue weighted by Gasteiger charge is -2.06. The van der Waals surface area contributed by atoms with E-state index in [4.69, 9.17) is 5.11 Å². The second-order valence-corrected chi connectivity index (χ2v) is 4.14. The largest absolute Gasteiger partial charge is 0.477 e. The minimum Gasteiger partial charge on any atom is -0.477 e. The molecule has 0 radical (unpaired) electrons. The van der Waals surface area contributed by atoms with Crippen LogP contribution >= 0.6 is 0 Å². The Labute approximate surface area is 93.7 Å². The van der Waals surface area contributed by atoms with Crippen molar-refractivity contribution < 1.29 is 9.90 Å². The molecule has 0 bridgehead atoms. The summed E-state index contributed by atoms with van der Waals surface area (Å²) in [4.78, 5) is 14.7. The van der Waals surface area contributed by atoms with E-state index in [2.05, 4.69) is 24.9 Å². The van der Waals surface area contributed by atoms with Gasteiger partial charge in [0.15, 0.2) is 0 Å². The van der Waals surface area contributed by atoms with Gasteiger partial charge in [0, 0.05) is 11.6 Å². The molecule has 3 heteroatoms. The molecule has 1 aromatic carbocycles. The van der Waals surface area contributed by atoms with E-state index in [-0.39, 0.29) is 5.69 Å². The first-order valence-corrected chi connectivity index (χ1v) is 5.21. The van der Waals surface area contributed by atoms with Gasteiger partial charge in [0.25, 0.3) is 0 Å². The Bertz CT molecular complexity index is 547. The van der Waals surface area contributed by atoms with E-state index >= 15 is 0 Å². The summed E-state index contributed by atoms with van der Waals surface area (Å²) in [5, 5.41) is 10.7. The maximum absolute atomic E-state index is 10.8. The number of nitrogens with zero attached hydrogens (tertiary/aromatic N) is 1. The third-order valence-corrected chi connectivity index (χ3v) is 2.63. The Kier molecular flexibility index (Phi) is 2.60. The van der Waals surface area contributed by atoms with Crippen molar-refractivity contribution in [1.29, 1.82) is 0 Å². The number of fused-ring (bicyclic) bond motifs is 1. The lowest BCUT2D eigenvalue weighted by Crippen LogP contribution is -1.99. The van der Waals surface area contributed by atoms with E-state index in [9.17, 15) is 4.79 Å². The zero-order valence-electron chi connectivity index (χ0n) is 9.27. The van der Waals surface area contributed by atoms with Crippen LogP contribution in [0.5, 0.6) is 0 Å². The lowest BCUT2D eigenvalue weighted by atomic mass is 10.00. The fraction of sp³-hybridized carbons (Fsp3) is 0.231. The lowest BCUT2D eigenvalue weighted by molar-refractivity contribution is 0.0690. The Morgan fingerprint density at radius 1 is 1.25 bits per heavy atom. The molecule has 0 amide bonds. The van der Waals surface area contributed by atoms with Gasteiger partial charge in [-0.3, -0.25) is 0 Å². The van der Waals surface area contributed by atoms with Crippen LogP contribution in [0.2, 0.25) is 0 Å². The quantitative estimate of drug-likeness (QED) is 0.837. The van der Waals surface area contributed by atoms with Gasteiger partial charge in [0.2, 0.25) is 0 Å². The monoisotopic (exact) mass is 215 g/mol. The first kappa shape index (κ1) is 10.6. The summed E-state index contributed by atoms with van der Waals surface area (Å²) < 4.78 is 0. The summed E-state index contributed by atoms with van der Waals surface area (Å²) >= 11 is 0. The van der Waals surface area contributed by atoms with Gasteiger partial charge in [-0.25, -0.2) is 9.78 Å². The molecule has 82 valence electrons. The number of rotatable bonds is 2. The number of aromatic nitrogens is 1. The van der Waals surface area contributed by atoms with Crippen molar-refractivity contribution in [3.05, 3.63) is 41.7 Å². The van der Waals surface area contributed by atoms with Crippen LogP contribution in [0.4, 0.5) is 0 Å². The maximum Gasteiger partial charge on any atom is 0.354 e. The van der Waals surface area contributed by atoms with Crippen molar-refractivity contribution in [3.8, 4) is 0 Å². The number of hydrogen-bond donors (Lipinski definition) is 1. The molecular weight excluding hydrogens is 202 g/mol. The third kappa shape index (κ3) is 1.89. The molecule has 1 heterocycles. The number of pyridine rings is 1. The molecule has 2 aromatic rings. The number of benzene rings is 1. The van der Waals surface area contributed by atoms with E-state index in [1.54, 1.807) is 12.3 Å². The SMILES string of the molecule is CC(C)c1ccc2cc(C(=O)O)ncc2c1. The van der Waals surface area contributed by atoms with Crippen molar-refractivity contribution in [2.75, 3.05) is 0 Å². The molecule has 3 nitrogen and oxygen atoms in total. The smallest absolute Gasteiger partial charge is 0.354 e. The minimum absolute atomic E-state index is 0.0878. The van der Waals surface area contributed by atoms with E-state index in [0.29, 0.717) is 5.92 Å². The van der Waals surface area contributed by atoms with Gasteiger partial charge in [0.05, 0.1) is 0 Å². The predicted octanol–water partition coefficient (Wildman–Crippen LogP) is 3.06. The topological polar surface area (TPSA) is 50.2 Å². The summed E-state index contributed by atoms with van der Waals surface area (Å²) in [6.07, 6.45) is 1.62. The molecule has 1 N–H and O–H groups in total. The first-order valence-electron chi connectivity index (χ1n) is 5.21. The highest BCUT2D eigenvalue weighted by Gasteiger charge is 2.06. The number of carboxylic acid groups (broad SMARTS) is 1. The van der Waals surface area contributed by atoms with Gasteiger partial charge in [-0.15, -0.1) is 0 Å². The molecule has 0 atom stereocenters. The molecular formula is C13H13NO2. The van der Waals surface area contributed by atoms with Crippen molar-refractivity contribution in [1.82, 2.24) is 4.98 Å². The van der Waals surface area contributed by atoms with E-state index in [1.165, 1.54) is 5.56 Å². The van der Waals surface area contributed by atoms with Gasteiger partial charge in [-0.2, -0.15) is 0 Å². The average Bonchev–Trinajstić information content (AvgIpc) is 2.27. The molecule has 0 saturated heterocycles. The maximum atomic E-state index is 10.8. The van der Waals surface area contributed by atoms with Crippen LogP contribution < -0.4 is 0 Å². The summed E-state index contributed by atoms with van der Waals surface area (Å²) in [5.41, 5.74) is 1.32. The van der Waals surface area contributed by atoms with Gasteiger partial charge >= 0.3 is 5.97 Å². The van der Waals surface area contributed by atoms with Crippen LogP contribution in [0.3, 0.4) is 0 Å². The fourth-order valence-electron chi connectivity index (χ4n) is 1.64. The molecule has 0 fully saturated rings.